The van der Waals surface area contributed by atoms with Crippen LogP contribution < -0.4 is 5.32 Å². The van der Waals surface area contributed by atoms with Crippen molar-refractivity contribution in [2.45, 2.75) is 20.8 Å². The molecular weight excluding hydrogens is 268 g/mol. The minimum Gasteiger partial charge on any atom is -0.461 e. The van der Waals surface area contributed by atoms with E-state index < -0.39 is 5.97 Å². The number of H-pyrrole nitrogens is 1. The van der Waals surface area contributed by atoms with Gasteiger partial charge in [-0.25, -0.2) is 4.79 Å². The molecule has 1 aromatic heterocycles. The number of hydrogen-bond donors (Lipinski definition) is 2. The molecule has 5 nitrogen and oxygen atoms in total. The van der Waals surface area contributed by atoms with Gasteiger partial charge >= 0.3 is 5.97 Å². The fourth-order valence-electron chi connectivity index (χ4n) is 2.21. The summed E-state index contributed by atoms with van der Waals surface area (Å²) in [5.74, 6) is -0.695. The van der Waals surface area contributed by atoms with Gasteiger partial charge in [0, 0.05) is 11.4 Å². The van der Waals surface area contributed by atoms with Crippen LogP contribution in [-0.4, -0.2) is 23.5 Å². The molecular formula is C16H18N2O3. The third-order valence-electron chi connectivity index (χ3n) is 3.18. The number of para-hydroxylation sites is 1. The van der Waals surface area contributed by atoms with Crippen LogP contribution in [0.5, 0.6) is 0 Å². The van der Waals surface area contributed by atoms with Crippen molar-refractivity contribution in [2.75, 3.05) is 11.9 Å². The van der Waals surface area contributed by atoms with Gasteiger partial charge in [-0.2, -0.15) is 0 Å². The lowest BCUT2D eigenvalue weighted by atomic mass is 10.1. The van der Waals surface area contributed by atoms with Crippen LogP contribution in [0.4, 0.5) is 5.69 Å². The number of benzene rings is 1. The van der Waals surface area contributed by atoms with Gasteiger partial charge in [-0.05, 0) is 38.5 Å². The Morgan fingerprint density at radius 2 is 1.86 bits per heavy atom. The number of nitrogens with one attached hydrogen (secondary N) is 2. The summed E-state index contributed by atoms with van der Waals surface area (Å²) in [6.07, 6.45) is 0. The molecule has 0 aliphatic heterocycles. The van der Waals surface area contributed by atoms with Gasteiger partial charge in [0.15, 0.2) is 0 Å². The topological polar surface area (TPSA) is 71.2 Å². The van der Waals surface area contributed by atoms with Crippen molar-refractivity contribution in [1.82, 2.24) is 4.98 Å². The van der Waals surface area contributed by atoms with E-state index in [0.29, 0.717) is 34.8 Å². The number of ether oxygens (including phenoxy) is 1. The van der Waals surface area contributed by atoms with E-state index in [1.807, 2.05) is 30.3 Å². The summed E-state index contributed by atoms with van der Waals surface area (Å²) in [7, 11) is 0. The Bertz CT molecular complexity index is 660. The normalized spacial score (nSPS) is 10.2. The van der Waals surface area contributed by atoms with E-state index in [-0.39, 0.29) is 5.91 Å². The van der Waals surface area contributed by atoms with E-state index in [9.17, 15) is 9.59 Å². The molecule has 2 aromatic rings. The third kappa shape index (κ3) is 3.13. The number of hydrogen-bond acceptors (Lipinski definition) is 3. The second kappa shape index (κ2) is 6.26. The number of esters is 1. The summed E-state index contributed by atoms with van der Waals surface area (Å²) < 4.78 is 4.97. The Balaban J connectivity index is 2.28. The maximum absolute atomic E-state index is 12.4. The third-order valence-corrected chi connectivity index (χ3v) is 3.18. The van der Waals surface area contributed by atoms with Gasteiger partial charge in [-0.3, -0.25) is 4.79 Å². The summed E-state index contributed by atoms with van der Waals surface area (Å²) in [6.45, 7) is 5.53. The Morgan fingerprint density at radius 1 is 1.19 bits per heavy atom. The molecule has 5 heteroatoms. The fraction of sp³-hybridized carbons (Fsp3) is 0.250. The molecule has 0 atom stereocenters. The lowest BCUT2D eigenvalue weighted by Gasteiger charge is -2.06. The molecule has 110 valence electrons. The Labute approximate surface area is 123 Å². The number of amides is 1. The van der Waals surface area contributed by atoms with Crippen molar-refractivity contribution in [1.29, 1.82) is 0 Å². The van der Waals surface area contributed by atoms with Crippen LogP contribution in [0, 0.1) is 13.8 Å². The highest BCUT2D eigenvalue weighted by atomic mass is 16.5. The van der Waals surface area contributed by atoms with Gasteiger partial charge in [0.1, 0.15) is 5.69 Å². The average molecular weight is 286 g/mol. The molecule has 1 amide bonds. The van der Waals surface area contributed by atoms with Crippen LogP contribution in [-0.2, 0) is 4.74 Å². The predicted molar refractivity (Wildman–Crippen MR) is 80.6 cm³/mol. The minimum absolute atomic E-state index is 0.247. The molecule has 0 saturated carbocycles. The quantitative estimate of drug-likeness (QED) is 0.848. The van der Waals surface area contributed by atoms with Gasteiger partial charge in [0.05, 0.1) is 12.2 Å². The maximum atomic E-state index is 12.4. The summed E-state index contributed by atoms with van der Waals surface area (Å²) >= 11 is 0. The molecule has 0 aliphatic rings. The van der Waals surface area contributed by atoms with Gasteiger partial charge < -0.3 is 15.0 Å². The van der Waals surface area contributed by atoms with E-state index in [4.69, 9.17) is 4.74 Å². The zero-order valence-corrected chi connectivity index (χ0v) is 12.3. The zero-order chi connectivity index (χ0) is 15.4. The zero-order valence-electron chi connectivity index (χ0n) is 12.3. The highest BCUT2D eigenvalue weighted by Gasteiger charge is 2.22. The summed E-state index contributed by atoms with van der Waals surface area (Å²) in [4.78, 5) is 27.1. The summed E-state index contributed by atoms with van der Waals surface area (Å²) in [5, 5.41) is 2.81. The largest absolute Gasteiger partial charge is 0.461 e. The van der Waals surface area contributed by atoms with Crippen LogP contribution in [0.2, 0.25) is 0 Å². The Morgan fingerprint density at radius 3 is 2.48 bits per heavy atom. The van der Waals surface area contributed by atoms with E-state index in [1.165, 1.54) is 0 Å². The van der Waals surface area contributed by atoms with Crippen LogP contribution in [0.25, 0.3) is 0 Å². The first-order chi connectivity index (χ1) is 10.0. The van der Waals surface area contributed by atoms with E-state index in [2.05, 4.69) is 10.3 Å². The first-order valence-corrected chi connectivity index (χ1v) is 6.77. The molecule has 0 bridgehead atoms. The average Bonchev–Trinajstić information content (AvgIpc) is 2.75. The van der Waals surface area contributed by atoms with Crippen LogP contribution in [0.3, 0.4) is 0 Å². The van der Waals surface area contributed by atoms with E-state index in [0.717, 1.165) is 0 Å². The SMILES string of the molecule is CCOC(=O)c1[nH]c(C)c(C(=O)Nc2ccccc2)c1C. The number of carbonyl (C=O) groups excluding carboxylic acids is 2. The van der Waals surface area contributed by atoms with Crippen LogP contribution >= 0.6 is 0 Å². The maximum Gasteiger partial charge on any atom is 0.355 e. The smallest absolute Gasteiger partial charge is 0.355 e. The molecule has 0 spiro atoms. The number of aromatic amines is 1. The minimum atomic E-state index is -0.447. The highest BCUT2D eigenvalue weighted by Crippen LogP contribution is 2.20. The molecule has 21 heavy (non-hydrogen) atoms. The molecule has 1 heterocycles. The molecule has 0 saturated heterocycles. The van der Waals surface area contributed by atoms with Crippen molar-refractivity contribution < 1.29 is 14.3 Å². The Hall–Kier alpha value is -2.56. The van der Waals surface area contributed by atoms with Crippen molar-refractivity contribution in [3.8, 4) is 0 Å². The van der Waals surface area contributed by atoms with Crippen molar-refractivity contribution in [2.24, 2.45) is 0 Å². The number of aryl methyl sites for hydroxylation is 1. The number of aromatic nitrogens is 1. The van der Waals surface area contributed by atoms with E-state index >= 15 is 0 Å². The van der Waals surface area contributed by atoms with Gasteiger partial charge in [-0.1, -0.05) is 18.2 Å². The molecule has 0 fully saturated rings. The molecule has 0 unspecified atom stereocenters. The lowest BCUT2D eigenvalue weighted by Crippen LogP contribution is -2.14. The first kappa shape index (κ1) is 14.8. The number of anilines is 1. The summed E-state index contributed by atoms with van der Waals surface area (Å²) in [6, 6.07) is 9.18. The number of rotatable bonds is 4. The van der Waals surface area contributed by atoms with Crippen LogP contribution in [0.15, 0.2) is 30.3 Å². The monoisotopic (exact) mass is 286 g/mol. The molecule has 0 aliphatic carbocycles. The molecule has 0 radical (unpaired) electrons. The van der Waals surface area contributed by atoms with Gasteiger partial charge in [0.2, 0.25) is 0 Å². The van der Waals surface area contributed by atoms with Crippen molar-refractivity contribution in [3.05, 3.63) is 52.8 Å². The number of carbonyl (C=O) groups is 2. The molecule has 2 rings (SSSR count). The lowest BCUT2D eigenvalue weighted by molar-refractivity contribution is 0.0519. The Kier molecular flexibility index (Phi) is 4.42. The summed E-state index contributed by atoms with van der Waals surface area (Å²) in [5.41, 5.74) is 2.75. The fourth-order valence-corrected chi connectivity index (χ4v) is 2.21. The van der Waals surface area contributed by atoms with E-state index in [1.54, 1.807) is 20.8 Å². The van der Waals surface area contributed by atoms with Crippen LogP contribution in [0.1, 0.15) is 39.0 Å². The second-order valence-corrected chi connectivity index (χ2v) is 4.67. The predicted octanol–water partition coefficient (Wildman–Crippen LogP) is 3.06. The molecule has 2 N–H and O–H groups in total. The van der Waals surface area contributed by atoms with Gasteiger partial charge in [-0.15, -0.1) is 0 Å². The first-order valence-electron chi connectivity index (χ1n) is 6.77. The van der Waals surface area contributed by atoms with Crippen molar-refractivity contribution >= 4 is 17.6 Å². The second-order valence-electron chi connectivity index (χ2n) is 4.67. The standard InChI is InChI=1S/C16H18N2O3/c1-4-21-16(20)14-10(2)13(11(3)17-14)15(19)18-12-8-6-5-7-9-12/h5-9,17H,4H2,1-3H3,(H,18,19). The van der Waals surface area contributed by atoms with Gasteiger partial charge in [0.25, 0.3) is 5.91 Å². The van der Waals surface area contributed by atoms with Crippen molar-refractivity contribution in [3.63, 3.8) is 0 Å². The molecule has 1 aromatic carbocycles. The highest BCUT2D eigenvalue weighted by molar-refractivity contribution is 6.08.